The predicted molar refractivity (Wildman–Crippen MR) is 87.0 cm³/mol. The Morgan fingerprint density at radius 3 is 2.23 bits per heavy atom. The lowest BCUT2D eigenvalue weighted by molar-refractivity contribution is -0.381. The minimum absolute atomic E-state index is 0.209. The third kappa shape index (κ3) is 2.71. The molecule has 1 heterocycles. The average Bonchev–Trinajstić information content (AvgIpc) is 2.82. The predicted octanol–water partition coefficient (Wildman–Crippen LogP) is 1.08. The van der Waals surface area contributed by atoms with Crippen molar-refractivity contribution in [2.75, 3.05) is 0 Å². The number of hydrogen-bond acceptors (Lipinski definition) is 2. The second-order valence-corrected chi connectivity index (χ2v) is 5.15. The summed E-state index contributed by atoms with van der Waals surface area (Å²) in [4.78, 5) is 28.8. The highest BCUT2D eigenvalue weighted by Gasteiger charge is 2.42. The fraction of sp³-hybridized carbons (Fsp3) is 0. The third-order valence-electron chi connectivity index (χ3n) is 3.23. The fourth-order valence-corrected chi connectivity index (χ4v) is 2.46. The van der Waals surface area contributed by atoms with Gasteiger partial charge in [0.05, 0.1) is 5.56 Å². The van der Waals surface area contributed by atoms with Crippen LogP contribution in [0, 0.1) is 0 Å². The van der Waals surface area contributed by atoms with E-state index in [1.807, 2.05) is 36.4 Å². The smallest absolute Gasteiger partial charge is 0.240 e. The molecule has 5 heteroatoms. The van der Waals surface area contributed by atoms with Gasteiger partial charge in [0, 0.05) is 6.08 Å². The summed E-state index contributed by atoms with van der Waals surface area (Å²) >= 11 is 4.21. The van der Waals surface area contributed by atoms with Crippen LogP contribution in [0.3, 0.4) is 0 Å². The molecule has 2 aromatic rings. The number of benzene rings is 2. The Morgan fingerprint density at radius 1 is 1.00 bits per heavy atom. The summed E-state index contributed by atoms with van der Waals surface area (Å²) in [5.41, 5.74) is 1.62. The van der Waals surface area contributed by atoms with Crippen molar-refractivity contribution in [3.8, 4) is 0 Å². The van der Waals surface area contributed by atoms with Crippen molar-refractivity contribution in [3.63, 3.8) is 0 Å². The molecule has 0 spiro atoms. The maximum atomic E-state index is 12.4. The van der Waals surface area contributed by atoms with E-state index in [9.17, 15) is 9.59 Å². The molecule has 1 N–H and O–H groups in total. The van der Waals surface area contributed by atoms with E-state index in [0.717, 1.165) is 10.5 Å². The Balaban J connectivity index is 1.91. The standard InChI is InChI=1S/C17H12N2O2S/c20-15(13-9-5-2-6-10-13)19-16(21)14(18-17(19)22)11-12-7-3-1-4-8-12/h1-11H,(H,18,22)/p+1/b14-11+. The molecule has 3 rings (SSSR count). The van der Waals surface area contributed by atoms with Crippen LogP contribution in [0.15, 0.2) is 66.4 Å². The number of amidine groups is 1. The van der Waals surface area contributed by atoms with Gasteiger partial charge in [-0.25, -0.2) is 14.6 Å². The van der Waals surface area contributed by atoms with Crippen molar-refractivity contribution in [1.82, 2.24) is 4.90 Å². The fourth-order valence-electron chi connectivity index (χ4n) is 2.16. The molecular weight excluding hydrogens is 296 g/mol. The Kier molecular flexibility index (Phi) is 3.89. The van der Waals surface area contributed by atoms with E-state index in [0.29, 0.717) is 11.3 Å². The van der Waals surface area contributed by atoms with E-state index in [4.69, 9.17) is 0 Å². The van der Waals surface area contributed by atoms with Gasteiger partial charge >= 0.3 is 17.0 Å². The van der Waals surface area contributed by atoms with E-state index >= 15 is 0 Å². The molecule has 0 saturated heterocycles. The number of carbonyl (C=O) groups is 2. The van der Waals surface area contributed by atoms with E-state index in [2.05, 4.69) is 17.6 Å². The van der Waals surface area contributed by atoms with Gasteiger partial charge in [0.15, 0.2) is 0 Å². The molecule has 2 aromatic carbocycles. The van der Waals surface area contributed by atoms with Crippen molar-refractivity contribution in [1.29, 1.82) is 0 Å². The van der Waals surface area contributed by atoms with Crippen molar-refractivity contribution < 1.29 is 14.6 Å². The minimum Gasteiger partial charge on any atom is -0.240 e. The van der Waals surface area contributed by atoms with Gasteiger partial charge in [0.25, 0.3) is 0 Å². The summed E-state index contributed by atoms with van der Waals surface area (Å²) in [6.07, 6.45) is 1.69. The maximum Gasteiger partial charge on any atom is 0.389 e. The molecule has 2 amide bonds. The van der Waals surface area contributed by atoms with Crippen LogP contribution in [0.1, 0.15) is 15.9 Å². The zero-order valence-corrected chi connectivity index (χ0v) is 12.5. The Bertz CT molecular complexity index is 783. The normalized spacial score (nSPS) is 16.0. The van der Waals surface area contributed by atoms with E-state index in [-0.39, 0.29) is 5.17 Å². The molecule has 0 aliphatic carbocycles. The Morgan fingerprint density at radius 2 is 1.59 bits per heavy atom. The van der Waals surface area contributed by atoms with Gasteiger partial charge in [-0.2, -0.15) is 0 Å². The quantitative estimate of drug-likeness (QED) is 0.495. The minimum atomic E-state index is -0.414. The van der Waals surface area contributed by atoms with Crippen molar-refractivity contribution in [2.24, 2.45) is 0 Å². The summed E-state index contributed by atoms with van der Waals surface area (Å²) in [5, 5.41) is 0.209. The number of hydrogen-bond donors (Lipinski definition) is 2. The van der Waals surface area contributed by atoms with Crippen LogP contribution in [-0.4, -0.2) is 21.9 Å². The summed E-state index contributed by atoms with van der Waals surface area (Å²) in [5.74, 6) is -0.817. The first kappa shape index (κ1) is 14.3. The third-order valence-corrected chi connectivity index (χ3v) is 3.54. The van der Waals surface area contributed by atoms with E-state index < -0.39 is 11.8 Å². The maximum absolute atomic E-state index is 12.4. The van der Waals surface area contributed by atoms with Crippen molar-refractivity contribution in [2.45, 2.75) is 0 Å². The Labute approximate surface area is 133 Å². The summed E-state index contributed by atoms with van der Waals surface area (Å²) in [6.45, 7) is 0. The molecule has 0 atom stereocenters. The highest BCUT2D eigenvalue weighted by molar-refractivity contribution is 7.96. The summed E-state index contributed by atoms with van der Waals surface area (Å²) in [7, 11) is 0. The molecule has 0 radical (unpaired) electrons. The number of imide groups is 1. The van der Waals surface area contributed by atoms with Crippen LogP contribution in [0.25, 0.3) is 6.08 Å². The average molecular weight is 309 g/mol. The van der Waals surface area contributed by atoms with Gasteiger partial charge in [-0.1, -0.05) is 61.2 Å². The molecule has 0 fully saturated rings. The van der Waals surface area contributed by atoms with Crippen LogP contribution in [0.4, 0.5) is 0 Å². The lowest BCUT2D eigenvalue weighted by Crippen LogP contribution is -2.67. The van der Waals surface area contributed by atoms with Gasteiger partial charge in [-0.05, 0) is 17.7 Å². The van der Waals surface area contributed by atoms with Crippen molar-refractivity contribution >= 4 is 35.7 Å². The first-order valence-corrected chi connectivity index (χ1v) is 7.15. The molecular formula is C17H13N2O2S+. The van der Waals surface area contributed by atoms with Crippen LogP contribution in [0.2, 0.25) is 0 Å². The summed E-state index contributed by atoms with van der Waals surface area (Å²) in [6, 6.07) is 18.0. The number of rotatable bonds is 2. The number of carbonyl (C=O) groups excluding carboxylic acids is 2. The molecule has 4 nitrogen and oxygen atoms in total. The SMILES string of the molecule is O=C1/C(=C\c2ccccc2)[NH+]=C(S)N1C(=O)c1ccccc1. The number of nitrogens with zero attached hydrogens (tertiary/aromatic N) is 1. The molecule has 0 aromatic heterocycles. The molecule has 0 saturated carbocycles. The van der Waals surface area contributed by atoms with Crippen LogP contribution < -0.4 is 4.99 Å². The van der Waals surface area contributed by atoms with Crippen LogP contribution in [-0.2, 0) is 4.79 Å². The molecule has 1 aliphatic heterocycles. The highest BCUT2D eigenvalue weighted by atomic mass is 32.1. The monoisotopic (exact) mass is 309 g/mol. The van der Waals surface area contributed by atoms with Gasteiger partial charge < -0.3 is 0 Å². The van der Waals surface area contributed by atoms with E-state index in [1.165, 1.54) is 0 Å². The van der Waals surface area contributed by atoms with Gasteiger partial charge in [0.1, 0.15) is 0 Å². The van der Waals surface area contributed by atoms with Crippen molar-refractivity contribution in [3.05, 3.63) is 77.5 Å². The second kappa shape index (κ2) is 5.99. The zero-order chi connectivity index (χ0) is 15.5. The lowest BCUT2D eigenvalue weighted by atomic mass is 10.2. The number of nitrogens with one attached hydrogen (secondary N) is 1. The Hall–Kier alpha value is -2.66. The molecule has 22 heavy (non-hydrogen) atoms. The lowest BCUT2D eigenvalue weighted by Gasteiger charge is -2.04. The van der Waals surface area contributed by atoms with Crippen LogP contribution in [0.5, 0.6) is 0 Å². The first-order valence-electron chi connectivity index (χ1n) is 6.70. The topological polar surface area (TPSA) is 51.4 Å². The number of amides is 2. The molecule has 0 unspecified atom stereocenters. The van der Waals surface area contributed by atoms with Crippen LogP contribution >= 0.6 is 12.6 Å². The molecule has 108 valence electrons. The molecule has 0 bridgehead atoms. The van der Waals surface area contributed by atoms with Gasteiger partial charge in [-0.15, -0.1) is 4.90 Å². The largest absolute Gasteiger partial charge is 0.389 e. The number of thiol groups is 1. The van der Waals surface area contributed by atoms with Gasteiger partial charge in [0.2, 0.25) is 5.70 Å². The first-order chi connectivity index (χ1) is 10.7. The zero-order valence-electron chi connectivity index (χ0n) is 11.6. The van der Waals surface area contributed by atoms with E-state index in [1.54, 1.807) is 30.3 Å². The highest BCUT2D eigenvalue weighted by Crippen LogP contribution is 2.13. The van der Waals surface area contributed by atoms with Gasteiger partial charge in [-0.3, -0.25) is 0 Å². The summed E-state index contributed by atoms with van der Waals surface area (Å²) < 4.78 is 0. The second-order valence-electron chi connectivity index (χ2n) is 4.73. The molecule has 1 aliphatic rings.